The summed E-state index contributed by atoms with van der Waals surface area (Å²) in [6.45, 7) is 6.39. The molecule has 0 bridgehead atoms. The molecule has 1 unspecified atom stereocenters. The number of ether oxygens (including phenoxy) is 3. The number of rotatable bonds is 41. The summed E-state index contributed by atoms with van der Waals surface area (Å²) in [5, 5.41) is 0. The summed E-state index contributed by atoms with van der Waals surface area (Å²) in [7, 11) is 0. The van der Waals surface area contributed by atoms with Crippen LogP contribution in [0.4, 0.5) is 0 Å². The fourth-order valence-corrected chi connectivity index (χ4v) is 6.15. The van der Waals surface area contributed by atoms with E-state index < -0.39 is 6.10 Å². The van der Waals surface area contributed by atoms with E-state index in [0.29, 0.717) is 19.3 Å². The molecular formula is C51H86O6. The highest BCUT2D eigenvalue weighted by Crippen LogP contribution is 2.12. The van der Waals surface area contributed by atoms with Crippen LogP contribution in [0.5, 0.6) is 0 Å². The second kappa shape index (κ2) is 45.6. The highest BCUT2D eigenvalue weighted by atomic mass is 16.6. The molecule has 0 fully saturated rings. The molecule has 0 aliphatic rings. The van der Waals surface area contributed by atoms with Gasteiger partial charge in [0.25, 0.3) is 0 Å². The van der Waals surface area contributed by atoms with E-state index in [4.69, 9.17) is 14.2 Å². The summed E-state index contributed by atoms with van der Waals surface area (Å²) in [5.74, 6) is -1.01. The molecule has 6 heteroatoms. The lowest BCUT2D eigenvalue weighted by molar-refractivity contribution is -0.166. The van der Waals surface area contributed by atoms with Crippen molar-refractivity contribution >= 4 is 17.9 Å². The molecule has 0 aromatic heterocycles. The molecule has 0 aromatic rings. The highest BCUT2D eigenvalue weighted by molar-refractivity contribution is 5.71. The predicted molar refractivity (Wildman–Crippen MR) is 242 cm³/mol. The van der Waals surface area contributed by atoms with E-state index in [9.17, 15) is 14.4 Å². The van der Waals surface area contributed by atoms with Crippen LogP contribution in [-0.4, -0.2) is 37.2 Å². The molecule has 0 saturated heterocycles. The minimum Gasteiger partial charge on any atom is -0.462 e. The number of hydrogen-bond donors (Lipinski definition) is 0. The van der Waals surface area contributed by atoms with Crippen LogP contribution >= 0.6 is 0 Å². The van der Waals surface area contributed by atoms with E-state index in [1.54, 1.807) is 0 Å². The Hall–Kier alpha value is -3.15. The van der Waals surface area contributed by atoms with Gasteiger partial charge < -0.3 is 14.2 Å². The number of carbonyl (C=O) groups excluding carboxylic acids is 3. The van der Waals surface area contributed by atoms with Gasteiger partial charge in [-0.05, 0) is 96.3 Å². The summed E-state index contributed by atoms with van der Waals surface area (Å²) in [4.78, 5) is 37.7. The lowest BCUT2D eigenvalue weighted by Crippen LogP contribution is -2.30. The Balaban J connectivity index is 4.51. The predicted octanol–water partition coefficient (Wildman–Crippen LogP) is 15.1. The van der Waals surface area contributed by atoms with Gasteiger partial charge in [-0.1, -0.05) is 171 Å². The Morgan fingerprint density at radius 2 is 0.719 bits per heavy atom. The maximum absolute atomic E-state index is 12.7. The van der Waals surface area contributed by atoms with Crippen molar-refractivity contribution in [3.05, 3.63) is 72.9 Å². The molecule has 326 valence electrons. The Bertz CT molecular complexity index is 1100. The molecule has 0 N–H and O–H groups in total. The summed E-state index contributed by atoms with van der Waals surface area (Å²) in [5.41, 5.74) is 0. The van der Waals surface area contributed by atoms with Crippen molar-refractivity contribution in [3.8, 4) is 0 Å². The van der Waals surface area contributed by atoms with E-state index in [1.807, 2.05) is 12.2 Å². The van der Waals surface area contributed by atoms with E-state index in [2.05, 4.69) is 81.5 Å². The van der Waals surface area contributed by atoms with E-state index in [1.165, 1.54) is 77.0 Å². The largest absolute Gasteiger partial charge is 0.462 e. The van der Waals surface area contributed by atoms with Crippen molar-refractivity contribution in [1.82, 2.24) is 0 Å². The van der Waals surface area contributed by atoms with E-state index in [0.717, 1.165) is 89.9 Å². The van der Waals surface area contributed by atoms with Gasteiger partial charge in [-0.2, -0.15) is 0 Å². The van der Waals surface area contributed by atoms with Crippen molar-refractivity contribution in [2.75, 3.05) is 13.2 Å². The standard InChI is InChI=1S/C51H86O6/c1-4-7-10-13-16-19-22-25-28-31-34-37-40-43-49(52)55-46-48(57-51(54)45-42-39-36-33-30-27-24-21-18-15-12-9-6-3)47-56-50(53)44-41-38-35-32-29-26-23-20-17-14-11-8-5-2/h7,10,16,19-21,23-25,28,34,37,48H,4-6,8-9,11-15,17-18,22,26-27,29-33,35-36,38-47H2,1-3H3/b10-7-,19-16-,23-20-,24-21-,28-25-,37-34-. The molecule has 0 aromatic carbocycles. The van der Waals surface area contributed by atoms with Crippen LogP contribution in [0.15, 0.2) is 72.9 Å². The number of carbonyl (C=O) groups is 3. The Kier molecular flexibility index (Phi) is 43.0. The van der Waals surface area contributed by atoms with Crippen LogP contribution in [0.2, 0.25) is 0 Å². The number of allylic oxidation sites excluding steroid dienone is 12. The van der Waals surface area contributed by atoms with Gasteiger partial charge in [-0.15, -0.1) is 0 Å². The zero-order valence-corrected chi connectivity index (χ0v) is 37.1. The van der Waals surface area contributed by atoms with Crippen LogP contribution in [0.25, 0.3) is 0 Å². The molecule has 0 heterocycles. The topological polar surface area (TPSA) is 78.9 Å². The summed E-state index contributed by atoms with van der Waals surface area (Å²) in [6.07, 6.45) is 56.1. The molecule has 57 heavy (non-hydrogen) atoms. The van der Waals surface area contributed by atoms with E-state index >= 15 is 0 Å². The van der Waals surface area contributed by atoms with Gasteiger partial charge in [-0.25, -0.2) is 0 Å². The SMILES string of the molecule is CC/C=C\C/C=C\C/C=C\C/C=C\CCC(=O)OCC(COC(=O)CCCCCCC/C=C\CCCCCC)OC(=O)CCCCCCC/C=C\CCCCCC. The first-order chi connectivity index (χ1) is 28.0. The van der Waals surface area contributed by atoms with Crippen molar-refractivity contribution in [2.24, 2.45) is 0 Å². The molecule has 0 spiro atoms. The molecule has 0 radical (unpaired) electrons. The lowest BCUT2D eigenvalue weighted by Gasteiger charge is -2.18. The van der Waals surface area contributed by atoms with Gasteiger partial charge in [0.15, 0.2) is 6.10 Å². The molecule has 0 rings (SSSR count). The maximum Gasteiger partial charge on any atom is 0.306 e. The highest BCUT2D eigenvalue weighted by Gasteiger charge is 2.19. The first-order valence-corrected chi connectivity index (χ1v) is 23.4. The van der Waals surface area contributed by atoms with Crippen molar-refractivity contribution in [3.63, 3.8) is 0 Å². The molecular weight excluding hydrogens is 709 g/mol. The Morgan fingerprint density at radius 1 is 0.368 bits per heavy atom. The monoisotopic (exact) mass is 795 g/mol. The maximum atomic E-state index is 12.7. The summed E-state index contributed by atoms with van der Waals surface area (Å²) in [6, 6.07) is 0. The van der Waals surface area contributed by atoms with Crippen LogP contribution in [0.1, 0.15) is 213 Å². The average molecular weight is 795 g/mol. The Labute approximate surface area is 351 Å². The third-order valence-electron chi connectivity index (χ3n) is 9.68. The molecule has 0 saturated carbocycles. The number of hydrogen-bond acceptors (Lipinski definition) is 6. The minimum atomic E-state index is -0.809. The summed E-state index contributed by atoms with van der Waals surface area (Å²) < 4.78 is 16.6. The van der Waals surface area contributed by atoms with Crippen LogP contribution in [0.3, 0.4) is 0 Å². The number of unbranched alkanes of at least 4 members (excludes halogenated alkanes) is 18. The van der Waals surface area contributed by atoms with Crippen molar-refractivity contribution < 1.29 is 28.6 Å². The summed E-state index contributed by atoms with van der Waals surface area (Å²) >= 11 is 0. The second-order valence-corrected chi connectivity index (χ2v) is 15.3. The average Bonchev–Trinajstić information content (AvgIpc) is 3.21. The molecule has 1 atom stereocenters. The van der Waals surface area contributed by atoms with Crippen molar-refractivity contribution in [2.45, 2.75) is 219 Å². The quantitative estimate of drug-likeness (QED) is 0.0265. The van der Waals surface area contributed by atoms with Gasteiger partial charge in [0, 0.05) is 19.3 Å². The Morgan fingerprint density at radius 3 is 1.18 bits per heavy atom. The molecule has 0 aliphatic heterocycles. The van der Waals surface area contributed by atoms with E-state index in [-0.39, 0.29) is 37.5 Å². The van der Waals surface area contributed by atoms with Gasteiger partial charge in [-0.3, -0.25) is 14.4 Å². The van der Waals surface area contributed by atoms with Gasteiger partial charge in [0.1, 0.15) is 13.2 Å². The molecule has 6 nitrogen and oxygen atoms in total. The smallest absolute Gasteiger partial charge is 0.306 e. The first-order valence-electron chi connectivity index (χ1n) is 23.4. The second-order valence-electron chi connectivity index (χ2n) is 15.3. The fourth-order valence-electron chi connectivity index (χ4n) is 6.15. The van der Waals surface area contributed by atoms with Crippen LogP contribution in [0, 0.1) is 0 Å². The van der Waals surface area contributed by atoms with Crippen molar-refractivity contribution in [1.29, 1.82) is 0 Å². The lowest BCUT2D eigenvalue weighted by atomic mass is 10.1. The van der Waals surface area contributed by atoms with Crippen LogP contribution in [-0.2, 0) is 28.6 Å². The third-order valence-corrected chi connectivity index (χ3v) is 9.68. The zero-order valence-electron chi connectivity index (χ0n) is 37.1. The zero-order chi connectivity index (χ0) is 41.5. The van der Waals surface area contributed by atoms with Gasteiger partial charge in [0.2, 0.25) is 0 Å². The van der Waals surface area contributed by atoms with Gasteiger partial charge >= 0.3 is 17.9 Å². The van der Waals surface area contributed by atoms with Gasteiger partial charge in [0.05, 0.1) is 0 Å². The number of esters is 3. The third kappa shape index (κ3) is 43.8. The fraction of sp³-hybridized carbons (Fsp3) is 0.706. The normalized spacial score (nSPS) is 12.7. The molecule has 0 amide bonds. The first kappa shape index (κ1) is 53.9. The van der Waals surface area contributed by atoms with Crippen LogP contribution < -0.4 is 0 Å². The molecule has 0 aliphatic carbocycles. The minimum absolute atomic E-state index is 0.106.